The Labute approximate surface area is 215 Å². The average molecular weight is 537 g/mol. The van der Waals surface area contributed by atoms with Gasteiger partial charge in [-0.05, 0) is 89.1 Å². The van der Waals surface area contributed by atoms with E-state index in [0.717, 1.165) is 0 Å². The molecule has 0 amide bonds. The van der Waals surface area contributed by atoms with Crippen LogP contribution < -0.4 is 0 Å². The summed E-state index contributed by atoms with van der Waals surface area (Å²) in [6.45, 7) is 8.59. The van der Waals surface area contributed by atoms with Crippen LogP contribution in [0.5, 0.6) is 11.5 Å². The number of rotatable bonds is 0. The Morgan fingerprint density at radius 3 is 1.00 bits per heavy atom. The smallest absolute Gasteiger partial charge is 0.115 e. The summed E-state index contributed by atoms with van der Waals surface area (Å²) in [5, 5.41) is 18.7. The van der Waals surface area contributed by atoms with Gasteiger partial charge < -0.3 is 10.2 Å². The quantitative estimate of drug-likeness (QED) is 0.354. The topological polar surface area (TPSA) is 40.5 Å². The Balaban J connectivity index is 0.000000384. The maximum Gasteiger partial charge on any atom is 0.115 e. The molecule has 0 fully saturated rings. The van der Waals surface area contributed by atoms with Gasteiger partial charge in [-0.3, -0.25) is 0 Å². The Morgan fingerprint density at radius 1 is 0.581 bits per heavy atom. The predicted octanol–water partition coefficient (Wildman–Crippen LogP) is 8.65. The molecule has 164 valence electrons. The third-order valence-corrected chi connectivity index (χ3v) is 4.60. The maximum atomic E-state index is 8.70. The van der Waals surface area contributed by atoms with Crippen LogP contribution >= 0.6 is 23.2 Å². The molecule has 0 atom stereocenters. The molecule has 5 heteroatoms. The third kappa shape index (κ3) is 15.0. The second kappa shape index (κ2) is 16.1. The van der Waals surface area contributed by atoms with Gasteiger partial charge in [-0.15, -0.1) is 0 Å². The average Bonchev–Trinajstić information content (AvgIpc) is 3.27. The first-order chi connectivity index (χ1) is 14.2. The summed E-state index contributed by atoms with van der Waals surface area (Å²) < 4.78 is 0. The van der Waals surface area contributed by atoms with Crippen LogP contribution in [0, 0.1) is 0 Å². The number of halogens is 2. The molecule has 4 rings (SSSR count). The largest absolute Gasteiger partial charge is 0.508 e. The Morgan fingerprint density at radius 2 is 0.871 bits per heavy atom. The molecule has 31 heavy (non-hydrogen) atoms. The van der Waals surface area contributed by atoms with Crippen molar-refractivity contribution in [3.8, 4) is 11.5 Å². The number of hydrogen-bond acceptors (Lipinski definition) is 2. The minimum atomic E-state index is 0. The molecule has 0 aromatic heterocycles. The van der Waals surface area contributed by atoms with Crippen molar-refractivity contribution >= 4 is 23.2 Å². The number of phenolic OH excluding ortho intramolecular Hbond substituents is 2. The van der Waals surface area contributed by atoms with E-state index in [2.05, 4.69) is 52.0 Å². The second-order valence-electron chi connectivity index (χ2n) is 7.24. The van der Waals surface area contributed by atoms with Gasteiger partial charge in [0, 0.05) is 36.2 Å². The molecule has 0 aliphatic heterocycles. The van der Waals surface area contributed by atoms with Gasteiger partial charge in [-0.25, -0.2) is 0 Å². The van der Waals surface area contributed by atoms with Crippen LogP contribution in [0.1, 0.15) is 40.5 Å². The van der Waals surface area contributed by atoms with E-state index in [9.17, 15) is 0 Å². The molecule has 0 heterocycles. The van der Waals surface area contributed by atoms with Gasteiger partial charge in [0.05, 0.1) is 0 Å². The molecule has 2 N–H and O–H groups in total. The standard InChI is InChI=1S/2C7H10.2C6H5ClO.Zr/c2*1-6-3-4-7(2)5-6;2*7-5-1-3-6(8)4-2-5;/h2*3,5H,4H2,1-2H3;2*1-4,8H;. The van der Waals surface area contributed by atoms with E-state index in [1.54, 1.807) is 48.5 Å². The zero-order valence-electron chi connectivity index (χ0n) is 18.5. The normalized spacial score (nSPS) is 13.4. The van der Waals surface area contributed by atoms with E-state index in [-0.39, 0.29) is 37.7 Å². The van der Waals surface area contributed by atoms with Crippen LogP contribution in [0.3, 0.4) is 0 Å². The van der Waals surface area contributed by atoms with Crippen molar-refractivity contribution < 1.29 is 36.4 Å². The Bertz CT molecular complexity index is 790. The third-order valence-electron chi connectivity index (χ3n) is 4.09. The first kappa shape index (κ1) is 29.5. The molecule has 0 saturated heterocycles. The van der Waals surface area contributed by atoms with Crippen molar-refractivity contribution in [2.24, 2.45) is 0 Å². The second-order valence-corrected chi connectivity index (χ2v) is 8.11. The first-order valence-electron chi connectivity index (χ1n) is 9.72. The fourth-order valence-electron chi connectivity index (χ4n) is 2.54. The minimum Gasteiger partial charge on any atom is -0.508 e. The van der Waals surface area contributed by atoms with Crippen molar-refractivity contribution in [2.75, 3.05) is 0 Å². The van der Waals surface area contributed by atoms with Crippen LogP contribution in [0.25, 0.3) is 0 Å². The summed E-state index contributed by atoms with van der Waals surface area (Å²) in [7, 11) is 0. The van der Waals surface area contributed by atoms with Crippen molar-refractivity contribution in [2.45, 2.75) is 40.5 Å². The number of hydrogen-bond donors (Lipinski definition) is 2. The summed E-state index contributed by atoms with van der Waals surface area (Å²) in [6, 6.07) is 12.7. The van der Waals surface area contributed by atoms with Crippen LogP contribution in [-0.2, 0) is 26.2 Å². The molecule has 0 saturated carbocycles. The van der Waals surface area contributed by atoms with Gasteiger partial charge >= 0.3 is 0 Å². The SMILES string of the molecule is CC1=CCC(C)=C1.CC1=CCC(C)=C1.Oc1ccc(Cl)cc1.Oc1ccc(Cl)cc1.[Zr]. The monoisotopic (exact) mass is 534 g/mol. The predicted molar refractivity (Wildman–Crippen MR) is 130 cm³/mol. The Hall–Kier alpha value is -1.54. The van der Waals surface area contributed by atoms with Crippen LogP contribution in [0.2, 0.25) is 10.0 Å². The van der Waals surface area contributed by atoms with Crippen molar-refractivity contribution in [3.05, 3.63) is 105 Å². The molecule has 0 spiro atoms. The molecule has 2 nitrogen and oxygen atoms in total. The summed E-state index contributed by atoms with van der Waals surface area (Å²) in [4.78, 5) is 0. The fraction of sp³-hybridized carbons (Fsp3) is 0.231. The van der Waals surface area contributed by atoms with E-state index in [1.165, 1.54) is 35.1 Å². The number of benzene rings is 2. The van der Waals surface area contributed by atoms with E-state index >= 15 is 0 Å². The maximum absolute atomic E-state index is 8.70. The van der Waals surface area contributed by atoms with E-state index in [0.29, 0.717) is 10.0 Å². The van der Waals surface area contributed by atoms with E-state index in [1.807, 2.05) is 0 Å². The molecule has 2 aromatic rings. The van der Waals surface area contributed by atoms with Crippen LogP contribution in [0.4, 0.5) is 0 Å². The Kier molecular flexibility index (Phi) is 15.3. The molecule has 0 bridgehead atoms. The van der Waals surface area contributed by atoms with Crippen molar-refractivity contribution in [3.63, 3.8) is 0 Å². The molecule has 0 unspecified atom stereocenters. The summed E-state index contributed by atoms with van der Waals surface area (Å²) in [6.07, 6.45) is 11.3. The van der Waals surface area contributed by atoms with Crippen LogP contribution in [-0.4, -0.2) is 10.2 Å². The number of aromatic hydroxyl groups is 2. The van der Waals surface area contributed by atoms with E-state index in [4.69, 9.17) is 33.4 Å². The zero-order chi connectivity index (χ0) is 22.5. The summed E-state index contributed by atoms with van der Waals surface area (Å²) in [5.41, 5.74) is 5.80. The fourth-order valence-corrected chi connectivity index (χ4v) is 2.79. The van der Waals surface area contributed by atoms with Crippen molar-refractivity contribution in [1.29, 1.82) is 0 Å². The summed E-state index contributed by atoms with van der Waals surface area (Å²) in [5.74, 6) is 0.490. The first-order valence-corrected chi connectivity index (χ1v) is 10.5. The van der Waals surface area contributed by atoms with E-state index < -0.39 is 0 Å². The van der Waals surface area contributed by atoms with Gasteiger partial charge in [0.25, 0.3) is 0 Å². The molecular formula is C26H30Cl2O2Zr. The molecule has 0 radical (unpaired) electrons. The van der Waals surface area contributed by atoms with Gasteiger partial charge in [-0.1, -0.05) is 69.8 Å². The zero-order valence-corrected chi connectivity index (χ0v) is 22.5. The van der Waals surface area contributed by atoms with Gasteiger partial charge in [0.1, 0.15) is 11.5 Å². The molecule has 2 aliphatic rings. The van der Waals surface area contributed by atoms with Gasteiger partial charge in [0.15, 0.2) is 0 Å². The van der Waals surface area contributed by atoms with Gasteiger partial charge in [-0.2, -0.15) is 0 Å². The minimum absolute atomic E-state index is 0. The molecular weight excluding hydrogens is 506 g/mol. The summed E-state index contributed by atoms with van der Waals surface area (Å²) >= 11 is 11.0. The molecule has 2 aliphatic carbocycles. The molecule has 2 aromatic carbocycles. The number of allylic oxidation sites excluding steroid dienone is 8. The van der Waals surface area contributed by atoms with Gasteiger partial charge in [0.2, 0.25) is 0 Å². The van der Waals surface area contributed by atoms with Crippen LogP contribution in [0.15, 0.2) is 95.1 Å². The number of phenols is 2. The van der Waals surface area contributed by atoms with Crippen molar-refractivity contribution in [1.82, 2.24) is 0 Å².